The van der Waals surface area contributed by atoms with Gasteiger partial charge < -0.3 is 10.1 Å². The van der Waals surface area contributed by atoms with E-state index in [-0.39, 0.29) is 6.04 Å². The maximum Gasteiger partial charge on any atom is 0.329 e. The van der Waals surface area contributed by atoms with E-state index in [0.29, 0.717) is 22.9 Å². The van der Waals surface area contributed by atoms with Gasteiger partial charge in [0.05, 0.1) is 6.21 Å². The molecule has 3 rings (SSSR count). The van der Waals surface area contributed by atoms with Crippen LogP contribution in [0.3, 0.4) is 0 Å². The van der Waals surface area contributed by atoms with Crippen molar-refractivity contribution in [3.05, 3.63) is 64.7 Å². The first-order valence-corrected chi connectivity index (χ1v) is 8.60. The van der Waals surface area contributed by atoms with E-state index in [0.717, 1.165) is 18.4 Å². The average molecular weight is 372 g/mol. The normalized spacial score (nSPS) is 13.4. The van der Waals surface area contributed by atoms with Crippen molar-refractivity contribution in [2.45, 2.75) is 25.5 Å². The fourth-order valence-electron chi connectivity index (χ4n) is 2.20. The van der Waals surface area contributed by atoms with E-state index in [2.05, 4.69) is 15.8 Å². The predicted molar refractivity (Wildman–Crippen MR) is 99.1 cm³/mol. The average Bonchev–Trinajstić information content (AvgIpc) is 3.45. The van der Waals surface area contributed by atoms with Gasteiger partial charge in [-0.2, -0.15) is 5.10 Å². The Morgan fingerprint density at radius 3 is 2.73 bits per heavy atom. The maximum absolute atomic E-state index is 11.6. The number of hydrogen-bond donors (Lipinski definition) is 2. The molecule has 0 heterocycles. The summed E-state index contributed by atoms with van der Waals surface area (Å²) in [5.74, 6) is -0.853. The van der Waals surface area contributed by atoms with E-state index in [4.69, 9.17) is 16.3 Å². The molecule has 0 aliphatic heterocycles. The van der Waals surface area contributed by atoms with Crippen LogP contribution in [0, 0.1) is 0 Å². The molecule has 1 saturated carbocycles. The fourth-order valence-corrected chi connectivity index (χ4v) is 2.41. The molecule has 0 spiro atoms. The molecule has 2 amide bonds. The van der Waals surface area contributed by atoms with E-state index < -0.39 is 11.8 Å². The number of carbonyl (C=O) groups excluding carboxylic acids is 2. The Bertz CT molecular complexity index is 834. The summed E-state index contributed by atoms with van der Waals surface area (Å²) in [7, 11) is 0. The Balaban J connectivity index is 1.57. The Labute approximate surface area is 156 Å². The minimum atomic E-state index is -0.787. The summed E-state index contributed by atoms with van der Waals surface area (Å²) in [4.78, 5) is 23.2. The highest BCUT2D eigenvalue weighted by molar-refractivity contribution is 6.35. The van der Waals surface area contributed by atoms with Gasteiger partial charge in [-0.15, -0.1) is 0 Å². The van der Waals surface area contributed by atoms with Crippen molar-refractivity contribution in [1.82, 2.24) is 10.7 Å². The highest BCUT2D eigenvalue weighted by Crippen LogP contribution is 2.19. The second-order valence-electron chi connectivity index (χ2n) is 5.90. The molecule has 2 aromatic carbocycles. The zero-order chi connectivity index (χ0) is 18.4. The molecule has 0 radical (unpaired) electrons. The van der Waals surface area contributed by atoms with Crippen molar-refractivity contribution < 1.29 is 14.3 Å². The first-order chi connectivity index (χ1) is 12.6. The lowest BCUT2D eigenvalue weighted by atomic mass is 10.2. The van der Waals surface area contributed by atoms with Gasteiger partial charge >= 0.3 is 11.8 Å². The SMILES string of the molecule is O=C(N/N=C\c1ccccc1OCc1cccc(Cl)c1)C(=O)NC1CC1. The summed E-state index contributed by atoms with van der Waals surface area (Å²) in [6.07, 6.45) is 3.27. The van der Waals surface area contributed by atoms with Crippen LogP contribution in [0.15, 0.2) is 53.6 Å². The number of benzene rings is 2. The van der Waals surface area contributed by atoms with E-state index >= 15 is 0 Å². The molecule has 6 nitrogen and oxygen atoms in total. The van der Waals surface area contributed by atoms with Crippen LogP contribution in [-0.2, 0) is 16.2 Å². The fraction of sp³-hybridized carbons (Fsp3) is 0.211. The van der Waals surface area contributed by atoms with E-state index in [1.54, 1.807) is 18.2 Å². The number of carbonyl (C=O) groups is 2. The van der Waals surface area contributed by atoms with Gasteiger partial charge in [0.25, 0.3) is 0 Å². The predicted octanol–water partition coefficient (Wildman–Crippen LogP) is 2.65. The quantitative estimate of drug-likeness (QED) is 0.465. The van der Waals surface area contributed by atoms with Crippen molar-refractivity contribution in [3.63, 3.8) is 0 Å². The number of rotatable bonds is 6. The lowest BCUT2D eigenvalue weighted by Gasteiger charge is -2.09. The molecule has 2 aromatic rings. The minimum absolute atomic E-state index is 0.123. The second kappa shape index (κ2) is 8.49. The molecule has 1 aliphatic rings. The minimum Gasteiger partial charge on any atom is -0.488 e. The third-order valence-electron chi connectivity index (χ3n) is 3.69. The number of hydrogen-bond acceptors (Lipinski definition) is 4. The summed E-state index contributed by atoms with van der Waals surface area (Å²) in [6, 6.07) is 14.8. The molecule has 2 N–H and O–H groups in total. The highest BCUT2D eigenvalue weighted by atomic mass is 35.5. The third kappa shape index (κ3) is 5.32. The van der Waals surface area contributed by atoms with Gasteiger partial charge in [0.2, 0.25) is 0 Å². The van der Waals surface area contributed by atoms with E-state index in [9.17, 15) is 9.59 Å². The van der Waals surface area contributed by atoms with Gasteiger partial charge in [0.15, 0.2) is 0 Å². The Kier molecular flexibility index (Phi) is 5.86. The first kappa shape index (κ1) is 17.9. The second-order valence-corrected chi connectivity index (χ2v) is 6.34. The lowest BCUT2D eigenvalue weighted by Crippen LogP contribution is -2.38. The van der Waals surface area contributed by atoms with Crippen molar-refractivity contribution in [1.29, 1.82) is 0 Å². The highest BCUT2D eigenvalue weighted by Gasteiger charge is 2.26. The summed E-state index contributed by atoms with van der Waals surface area (Å²) < 4.78 is 5.80. The molecular weight excluding hydrogens is 354 g/mol. The summed E-state index contributed by atoms with van der Waals surface area (Å²) in [6.45, 7) is 0.349. The topological polar surface area (TPSA) is 79.8 Å². The molecular formula is C19H18ClN3O3. The summed E-state index contributed by atoms with van der Waals surface area (Å²) in [5.41, 5.74) is 3.84. The number of halogens is 1. The molecule has 0 unspecified atom stereocenters. The molecule has 0 saturated heterocycles. The van der Waals surface area contributed by atoms with Crippen molar-refractivity contribution >= 4 is 29.6 Å². The molecule has 0 atom stereocenters. The van der Waals surface area contributed by atoms with Crippen LogP contribution in [0.1, 0.15) is 24.0 Å². The molecule has 1 fully saturated rings. The Hall–Kier alpha value is -2.86. The largest absolute Gasteiger partial charge is 0.488 e. The van der Waals surface area contributed by atoms with Crippen LogP contribution in [0.25, 0.3) is 0 Å². The van der Waals surface area contributed by atoms with Gasteiger partial charge in [0.1, 0.15) is 12.4 Å². The number of ether oxygens (including phenoxy) is 1. The third-order valence-corrected chi connectivity index (χ3v) is 3.93. The summed E-state index contributed by atoms with van der Waals surface area (Å²) in [5, 5.41) is 7.08. The number of amides is 2. The molecule has 7 heteroatoms. The van der Waals surface area contributed by atoms with E-state index in [1.165, 1.54) is 6.21 Å². The molecule has 134 valence electrons. The van der Waals surface area contributed by atoms with Crippen molar-refractivity contribution in [2.75, 3.05) is 0 Å². The van der Waals surface area contributed by atoms with Gasteiger partial charge in [-0.25, -0.2) is 5.43 Å². The molecule has 0 aromatic heterocycles. The van der Waals surface area contributed by atoms with Crippen molar-refractivity contribution in [2.24, 2.45) is 5.10 Å². The number of nitrogens with zero attached hydrogens (tertiary/aromatic N) is 1. The van der Waals surface area contributed by atoms with Gasteiger partial charge in [0, 0.05) is 16.6 Å². The monoisotopic (exact) mass is 371 g/mol. The van der Waals surface area contributed by atoms with Crippen LogP contribution in [0.4, 0.5) is 0 Å². The molecule has 26 heavy (non-hydrogen) atoms. The molecule has 1 aliphatic carbocycles. The van der Waals surface area contributed by atoms with E-state index in [1.807, 2.05) is 30.3 Å². The van der Waals surface area contributed by atoms with Crippen LogP contribution in [-0.4, -0.2) is 24.1 Å². The van der Waals surface area contributed by atoms with Crippen LogP contribution >= 0.6 is 11.6 Å². The zero-order valence-electron chi connectivity index (χ0n) is 13.9. The van der Waals surface area contributed by atoms with Crippen LogP contribution in [0.5, 0.6) is 5.75 Å². The summed E-state index contributed by atoms with van der Waals surface area (Å²) >= 11 is 5.97. The molecule has 0 bridgehead atoms. The van der Waals surface area contributed by atoms with Gasteiger partial charge in [-0.05, 0) is 42.7 Å². The van der Waals surface area contributed by atoms with Gasteiger partial charge in [-0.3, -0.25) is 9.59 Å². The zero-order valence-corrected chi connectivity index (χ0v) is 14.7. The maximum atomic E-state index is 11.6. The van der Waals surface area contributed by atoms with Gasteiger partial charge in [-0.1, -0.05) is 35.9 Å². The Morgan fingerprint density at radius 2 is 1.96 bits per heavy atom. The smallest absolute Gasteiger partial charge is 0.329 e. The van der Waals surface area contributed by atoms with Crippen molar-refractivity contribution in [3.8, 4) is 5.75 Å². The standard InChI is InChI=1S/C19H18ClN3O3/c20-15-6-3-4-13(10-15)12-26-17-7-2-1-5-14(17)11-21-23-19(25)18(24)22-16-8-9-16/h1-7,10-11,16H,8-9,12H2,(H,22,24)(H,23,25)/b21-11-. The van der Waals surface area contributed by atoms with Crippen LogP contribution in [0.2, 0.25) is 5.02 Å². The Morgan fingerprint density at radius 1 is 1.15 bits per heavy atom. The number of para-hydroxylation sites is 1. The first-order valence-electron chi connectivity index (χ1n) is 8.22. The number of nitrogens with one attached hydrogen (secondary N) is 2. The van der Waals surface area contributed by atoms with Crippen LogP contribution < -0.4 is 15.5 Å². The number of hydrazone groups is 1. The lowest BCUT2D eigenvalue weighted by molar-refractivity contribution is -0.139.